The van der Waals surface area contributed by atoms with Crippen molar-refractivity contribution in [2.75, 3.05) is 0 Å². The summed E-state index contributed by atoms with van der Waals surface area (Å²) in [6.45, 7) is 6.79. The molecule has 1 nitrogen and oxygen atoms in total. The first-order valence-electron chi connectivity index (χ1n) is 5.94. The number of rotatable bonds is 0. The maximum Gasteiger partial charge on any atom is 0.0758 e. The number of hydrogen-bond acceptors (Lipinski definition) is 1. The minimum Gasteiger partial charge on any atom is -0.389 e. The number of allylic oxidation sites excluding steroid dienone is 1. The second-order valence-electron chi connectivity index (χ2n) is 5.39. The summed E-state index contributed by atoms with van der Waals surface area (Å²) < 4.78 is 0. The van der Waals surface area contributed by atoms with Gasteiger partial charge in [-0.25, -0.2) is 0 Å². The normalized spacial score (nSPS) is 50.9. The Bertz CT molecular complexity index is 256. The van der Waals surface area contributed by atoms with E-state index in [2.05, 4.69) is 26.8 Å². The molecule has 0 saturated heterocycles. The molecule has 0 bridgehead atoms. The third kappa shape index (κ3) is 1.25. The fourth-order valence-electron chi connectivity index (χ4n) is 3.93. The summed E-state index contributed by atoms with van der Waals surface area (Å²) in [4.78, 5) is 0. The van der Waals surface area contributed by atoms with Crippen LogP contribution < -0.4 is 0 Å². The van der Waals surface area contributed by atoms with Gasteiger partial charge in [0.1, 0.15) is 0 Å². The average Bonchev–Trinajstić information content (AvgIpc) is 2.38. The van der Waals surface area contributed by atoms with Gasteiger partial charge in [-0.2, -0.15) is 0 Å². The largest absolute Gasteiger partial charge is 0.389 e. The zero-order chi connectivity index (χ0) is 10.3. The van der Waals surface area contributed by atoms with Crippen LogP contribution >= 0.6 is 0 Å². The number of aliphatic hydroxyl groups is 1. The molecule has 1 N–H and O–H groups in total. The quantitative estimate of drug-likeness (QED) is 0.587. The van der Waals surface area contributed by atoms with Crippen LogP contribution in [0.5, 0.6) is 0 Å². The Morgan fingerprint density at radius 1 is 1.50 bits per heavy atom. The minimum absolute atomic E-state index is 0.157. The van der Waals surface area contributed by atoms with Gasteiger partial charge in [-0.3, -0.25) is 0 Å². The summed E-state index contributed by atoms with van der Waals surface area (Å²) in [5.41, 5.74) is 1.63. The molecule has 0 heterocycles. The van der Waals surface area contributed by atoms with Crippen LogP contribution in [0.15, 0.2) is 11.6 Å². The molecule has 4 atom stereocenters. The van der Waals surface area contributed by atoms with Crippen LogP contribution in [0.1, 0.15) is 46.5 Å². The Morgan fingerprint density at radius 3 is 2.86 bits per heavy atom. The van der Waals surface area contributed by atoms with Gasteiger partial charge in [-0.15, -0.1) is 0 Å². The van der Waals surface area contributed by atoms with E-state index in [9.17, 15) is 5.11 Å². The van der Waals surface area contributed by atoms with Gasteiger partial charge < -0.3 is 5.11 Å². The molecule has 0 aromatic heterocycles. The predicted octanol–water partition coefficient (Wildman–Crippen LogP) is 3.14. The molecule has 2 aliphatic carbocycles. The molecule has 2 aliphatic rings. The first-order valence-corrected chi connectivity index (χ1v) is 5.94. The van der Waals surface area contributed by atoms with Crippen molar-refractivity contribution in [1.29, 1.82) is 0 Å². The Kier molecular flexibility index (Phi) is 2.46. The highest BCUT2D eigenvalue weighted by Gasteiger charge is 2.50. The van der Waals surface area contributed by atoms with Gasteiger partial charge in [0.05, 0.1) is 6.10 Å². The topological polar surface area (TPSA) is 20.2 Å². The van der Waals surface area contributed by atoms with E-state index >= 15 is 0 Å². The van der Waals surface area contributed by atoms with Gasteiger partial charge in [-0.05, 0) is 42.6 Å². The lowest BCUT2D eigenvalue weighted by molar-refractivity contribution is 0.122. The van der Waals surface area contributed by atoms with Crippen molar-refractivity contribution in [1.82, 2.24) is 0 Å². The molecule has 0 unspecified atom stereocenters. The van der Waals surface area contributed by atoms with Crippen LogP contribution in [0.3, 0.4) is 0 Å². The highest BCUT2D eigenvalue weighted by molar-refractivity contribution is 5.26. The summed E-state index contributed by atoms with van der Waals surface area (Å²) in [6.07, 6.45) is 6.96. The molecule has 14 heavy (non-hydrogen) atoms. The van der Waals surface area contributed by atoms with E-state index in [1.54, 1.807) is 0 Å². The molecule has 1 heteroatoms. The smallest absolute Gasteiger partial charge is 0.0758 e. The SMILES string of the molecule is C/C=C1/[C@H](O)C[C@H]2[C@@H](C)CCC[C@]12C. The fourth-order valence-corrected chi connectivity index (χ4v) is 3.93. The molecule has 0 aliphatic heterocycles. The summed E-state index contributed by atoms with van der Waals surface area (Å²) in [7, 11) is 0. The fraction of sp³-hybridized carbons (Fsp3) is 0.846. The molecule has 80 valence electrons. The first kappa shape index (κ1) is 10.2. The molecule has 2 fully saturated rings. The van der Waals surface area contributed by atoms with E-state index in [1.165, 1.54) is 24.8 Å². The van der Waals surface area contributed by atoms with Crippen LogP contribution in [-0.4, -0.2) is 11.2 Å². The van der Waals surface area contributed by atoms with E-state index in [4.69, 9.17) is 0 Å². The molecule has 2 rings (SSSR count). The zero-order valence-corrected chi connectivity index (χ0v) is 9.59. The second kappa shape index (κ2) is 3.37. The van der Waals surface area contributed by atoms with Crippen molar-refractivity contribution in [3.05, 3.63) is 11.6 Å². The summed E-state index contributed by atoms with van der Waals surface area (Å²) >= 11 is 0. The van der Waals surface area contributed by atoms with E-state index in [-0.39, 0.29) is 6.10 Å². The third-order valence-electron chi connectivity index (χ3n) is 4.67. The second-order valence-corrected chi connectivity index (χ2v) is 5.39. The van der Waals surface area contributed by atoms with Crippen molar-refractivity contribution < 1.29 is 5.11 Å². The first-order chi connectivity index (χ1) is 6.59. The van der Waals surface area contributed by atoms with Gasteiger partial charge >= 0.3 is 0 Å². The Morgan fingerprint density at radius 2 is 2.21 bits per heavy atom. The monoisotopic (exact) mass is 194 g/mol. The molecule has 2 saturated carbocycles. The third-order valence-corrected chi connectivity index (χ3v) is 4.67. The van der Waals surface area contributed by atoms with Crippen molar-refractivity contribution in [2.45, 2.75) is 52.6 Å². The summed E-state index contributed by atoms with van der Waals surface area (Å²) in [5, 5.41) is 10.0. The molecular weight excluding hydrogens is 172 g/mol. The lowest BCUT2D eigenvalue weighted by Crippen LogP contribution is -2.32. The lowest BCUT2D eigenvalue weighted by Gasteiger charge is -2.41. The van der Waals surface area contributed by atoms with Gasteiger partial charge in [-0.1, -0.05) is 32.8 Å². The Hall–Kier alpha value is -0.300. The van der Waals surface area contributed by atoms with E-state index in [0.717, 1.165) is 18.3 Å². The van der Waals surface area contributed by atoms with Crippen molar-refractivity contribution in [3.8, 4) is 0 Å². The number of fused-ring (bicyclic) bond motifs is 1. The van der Waals surface area contributed by atoms with Gasteiger partial charge in [0.2, 0.25) is 0 Å². The van der Waals surface area contributed by atoms with E-state index < -0.39 is 0 Å². The summed E-state index contributed by atoms with van der Waals surface area (Å²) in [5.74, 6) is 1.51. The average molecular weight is 194 g/mol. The van der Waals surface area contributed by atoms with Crippen LogP contribution in [0.2, 0.25) is 0 Å². The van der Waals surface area contributed by atoms with Crippen molar-refractivity contribution >= 4 is 0 Å². The number of hydrogen-bond donors (Lipinski definition) is 1. The van der Waals surface area contributed by atoms with Gasteiger partial charge in [0.25, 0.3) is 0 Å². The zero-order valence-electron chi connectivity index (χ0n) is 9.59. The molecular formula is C13H22O. The van der Waals surface area contributed by atoms with Crippen molar-refractivity contribution in [2.24, 2.45) is 17.3 Å². The summed E-state index contributed by atoms with van der Waals surface area (Å²) in [6, 6.07) is 0. The molecule has 0 amide bonds. The molecule has 0 spiro atoms. The standard InChI is InChI=1S/C13H22O/c1-4-10-12(14)8-11-9(2)6-5-7-13(10,11)3/h4,9,11-12,14H,5-8H2,1-3H3/b10-4-/t9-,11-,12+,13+/m0/s1. The maximum atomic E-state index is 10.0. The van der Waals surface area contributed by atoms with Crippen LogP contribution in [0, 0.1) is 17.3 Å². The highest BCUT2D eigenvalue weighted by atomic mass is 16.3. The minimum atomic E-state index is -0.157. The lowest BCUT2D eigenvalue weighted by atomic mass is 9.63. The Labute approximate surface area is 87.2 Å². The van der Waals surface area contributed by atoms with E-state index in [0.29, 0.717) is 5.41 Å². The van der Waals surface area contributed by atoms with Crippen LogP contribution in [0.4, 0.5) is 0 Å². The Balaban J connectivity index is 2.34. The molecule has 0 aromatic carbocycles. The van der Waals surface area contributed by atoms with Gasteiger partial charge in [0, 0.05) is 0 Å². The van der Waals surface area contributed by atoms with E-state index in [1.807, 2.05) is 0 Å². The number of aliphatic hydroxyl groups excluding tert-OH is 1. The highest BCUT2D eigenvalue weighted by Crippen LogP contribution is 2.56. The molecule has 0 radical (unpaired) electrons. The maximum absolute atomic E-state index is 10.0. The molecule has 0 aromatic rings. The van der Waals surface area contributed by atoms with Gasteiger partial charge in [0.15, 0.2) is 0 Å². The van der Waals surface area contributed by atoms with Crippen LogP contribution in [0.25, 0.3) is 0 Å². The predicted molar refractivity (Wildman–Crippen MR) is 59.0 cm³/mol. The van der Waals surface area contributed by atoms with Crippen LogP contribution in [-0.2, 0) is 0 Å². The van der Waals surface area contributed by atoms with Crippen molar-refractivity contribution in [3.63, 3.8) is 0 Å².